The first-order chi connectivity index (χ1) is 10.3. The maximum atomic E-state index is 14.0. The molecule has 1 aromatic heterocycles. The summed E-state index contributed by atoms with van der Waals surface area (Å²) in [5.41, 5.74) is 1.30. The zero-order valence-electron chi connectivity index (χ0n) is 11.3. The predicted octanol–water partition coefficient (Wildman–Crippen LogP) is 4.54. The molecule has 3 aliphatic rings. The largest absolute Gasteiger partial charge is 0.317 e. The van der Waals surface area contributed by atoms with E-state index >= 15 is 0 Å². The Labute approximate surface area is 130 Å². The van der Waals surface area contributed by atoms with Gasteiger partial charge in [0.25, 0.3) is 0 Å². The topological polar surface area (TPSA) is 15.6 Å². The molecule has 5 heteroatoms. The summed E-state index contributed by atoms with van der Waals surface area (Å²) in [4.78, 5) is 9.58. The fourth-order valence-electron chi connectivity index (χ4n) is 3.02. The molecule has 0 radical (unpaired) electrons. The molecule has 0 amide bonds. The van der Waals surface area contributed by atoms with Crippen LogP contribution in [0.5, 0.6) is 0 Å². The molecule has 0 N–H and O–H groups in total. The van der Waals surface area contributed by atoms with E-state index in [0.29, 0.717) is 5.92 Å². The van der Waals surface area contributed by atoms with Gasteiger partial charge in [0.05, 0.1) is 21.8 Å². The van der Waals surface area contributed by atoms with Crippen LogP contribution in [-0.2, 0) is 0 Å². The number of thiophene rings is 1. The minimum atomic E-state index is -0.113. The van der Waals surface area contributed by atoms with Gasteiger partial charge in [-0.1, -0.05) is 23.9 Å². The van der Waals surface area contributed by atoms with Crippen molar-refractivity contribution in [2.24, 2.45) is 10.9 Å². The molecule has 3 heterocycles. The van der Waals surface area contributed by atoms with E-state index in [1.54, 1.807) is 23.5 Å². The first kappa shape index (κ1) is 12.2. The molecule has 0 saturated heterocycles. The summed E-state index contributed by atoms with van der Waals surface area (Å²) in [5, 5.41) is 2.15. The summed E-state index contributed by atoms with van der Waals surface area (Å²) in [6.07, 6.45) is 2.57. The van der Waals surface area contributed by atoms with Gasteiger partial charge >= 0.3 is 0 Å². The van der Waals surface area contributed by atoms with E-state index < -0.39 is 0 Å². The number of amidine groups is 1. The molecule has 0 spiro atoms. The molecule has 5 rings (SSSR count). The van der Waals surface area contributed by atoms with Crippen molar-refractivity contribution in [2.75, 3.05) is 13.1 Å². The van der Waals surface area contributed by atoms with Crippen LogP contribution < -0.4 is 0 Å². The molecule has 106 valence electrons. The molecule has 1 saturated carbocycles. The van der Waals surface area contributed by atoms with Gasteiger partial charge in [-0.25, -0.2) is 4.39 Å². The van der Waals surface area contributed by atoms with Crippen molar-refractivity contribution in [3.8, 4) is 0 Å². The fourth-order valence-corrected chi connectivity index (χ4v) is 5.58. The van der Waals surface area contributed by atoms with E-state index in [9.17, 15) is 4.39 Å². The SMILES string of the molecule is Fc1cccc2cc(C3=C(C4CC4)SC4=NCCN43)sc12. The van der Waals surface area contributed by atoms with Crippen molar-refractivity contribution in [3.05, 3.63) is 39.9 Å². The lowest BCUT2D eigenvalue weighted by Gasteiger charge is -2.15. The summed E-state index contributed by atoms with van der Waals surface area (Å²) in [6.45, 7) is 1.84. The van der Waals surface area contributed by atoms with Crippen molar-refractivity contribution >= 4 is 44.0 Å². The third-order valence-electron chi connectivity index (χ3n) is 4.18. The maximum absolute atomic E-state index is 14.0. The smallest absolute Gasteiger partial charge is 0.168 e. The number of nitrogens with zero attached hydrogens (tertiary/aromatic N) is 2. The molecule has 2 aliphatic heterocycles. The second kappa shape index (κ2) is 4.34. The van der Waals surface area contributed by atoms with Crippen LogP contribution in [0.15, 0.2) is 34.2 Å². The Kier molecular flexibility index (Phi) is 2.53. The lowest BCUT2D eigenvalue weighted by atomic mass is 10.2. The van der Waals surface area contributed by atoms with E-state index in [1.165, 1.54) is 28.3 Å². The number of hydrogen-bond donors (Lipinski definition) is 0. The number of benzene rings is 1. The zero-order chi connectivity index (χ0) is 14.0. The van der Waals surface area contributed by atoms with E-state index in [4.69, 9.17) is 0 Å². The van der Waals surface area contributed by atoms with Crippen molar-refractivity contribution in [3.63, 3.8) is 0 Å². The van der Waals surface area contributed by atoms with Crippen molar-refractivity contribution in [1.82, 2.24) is 4.90 Å². The van der Waals surface area contributed by atoms with Crippen LogP contribution in [0.2, 0.25) is 0 Å². The standard InChI is InChI=1S/C16H13FN2S2/c17-11-3-1-2-10-8-12(20-14(10)11)13-15(9-4-5-9)21-16-18-6-7-19(13)16/h1-3,8-9H,4-7H2. The van der Waals surface area contributed by atoms with Gasteiger partial charge in [0.2, 0.25) is 0 Å². The summed E-state index contributed by atoms with van der Waals surface area (Å²) in [7, 11) is 0. The lowest BCUT2D eigenvalue weighted by molar-refractivity contribution is 0.642. The average molecular weight is 316 g/mol. The highest BCUT2D eigenvalue weighted by Crippen LogP contribution is 2.53. The normalized spacial score (nSPS) is 21.4. The molecule has 1 aromatic carbocycles. The maximum Gasteiger partial charge on any atom is 0.168 e. The van der Waals surface area contributed by atoms with E-state index in [2.05, 4.69) is 16.0 Å². The molecular formula is C16H13FN2S2. The van der Waals surface area contributed by atoms with Crippen LogP contribution in [0.1, 0.15) is 17.7 Å². The molecule has 0 unspecified atom stereocenters. The molecule has 1 fully saturated rings. The van der Waals surface area contributed by atoms with Crippen molar-refractivity contribution in [2.45, 2.75) is 12.8 Å². The number of halogens is 1. The van der Waals surface area contributed by atoms with Crippen molar-refractivity contribution < 1.29 is 4.39 Å². The van der Waals surface area contributed by atoms with Gasteiger partial charge in [-0.2, -0.15) is 0 Å². The number of allylic oxidation sites excluding steroid dienone is 1. The van der Waals surface area contributed by atoms with E-state index in [1.807, 2.05) is 17.8 Å². The average Bonchev–Trinajstić information content (AvgIpc) is 2.93. The second-order valence-electron chi connectivity index (χ2n) is 5.67. The monoisotopic (exact) mass is 316 g/mol. The van der Waals surface area contributed by atoms with Gasteiger partial charge < -0.3 is 4.90 Å². The Morgan fingerprint density at radius 2 is 2.19 bits per heavy atom. The number of fused-ring (bicyclic) bond motifs is 2. The Bertz CT molecular complexity index is 817. The highest BCUT2D eigenvalue weighted by molar-refractivity contribution is 8.17. The van der Waals surface area contributed by atoms with Crippen LogP contribution in [0.4, 0.5) is 4.39 Å². The fraction of sp³-hybridized carbons (Fsp3) is 0.312. The number of rotatable bonds is 2. The van der Waals surface area contributed by atoms with Gasteiger partial charge in [-0.05, 0) is 36.3 Å². The Morgan fingerprint density at radius 1 is 1.29 bits per heavy atom. The summed E-state index contributed by atoms with van der Waals surface area (Å²) < 4.78 is 14.7. The van der Waals surface area contributed by atoms with Crippen LogP contribution in [0.25, 0.3) is 15.8 Å². The van der Waals surface area contributed by atoms with Crippen LogP contribution in [-0.4, -0.2) is 23.2 Å². The summed E-state index contributed by atoms with van der Waals surface area (Å²) in [5.74, 6) is 0.589. The number of aliphatic imine (C=N–C) groups is 1. The predicted molar refractivity (Wildman–Crippen MR) is 88.0 cm³/mol. The first-order valence-electron chi connectivity index (χ1n) is 7.24. The zero-order valence-corrected chi connectivity index (χ0v) is 12.9. The van der Waals surface area contributed by atoms with Gasteiger partial charge in [0.1, 0.15) is 5.82 Å². The highest BCUT2D eigenvalue weighted by atomic mass is 32.2. The highest BCUT2D eigenvalue weighted by Gasteiger charge is 2.40. The quantitative estimate of drug-likeness (QED) is 0.808. The molecule has 0 bridgehead atoms. The van der Waals surface area contributed by atoms with Gasteiger partial charge in [0, 0.05) is 11.4 Å². The van der Waals surface area contributed by atoms with Gasteiger partial charge in [-0.15, -0.1) is 11.3 Å². The first-order valence-corrected chi connectivity index (χ1v) is 8.87. The Morgan fingerprint density at radius 3 is 3.00 bits per heavy atom. The third-order valence-corrected chi connectivity index (χ3v) is 6.63. The molecule has 0 atom stereocenters. The van der Waals surface area contributed by atoms with E-state index in [0.717, 1.165) is 28.3 Å². The second-order valence-corrected chi connectivity index (χ2v) is 7.74. The van der Waals surface area contributed by atoms with Gasteiger partial charge in [0.15, 0.2) is 5.17 Å². The van der Waals surface area contributed by atoms with Crippen molar-refractivity contribution in [1.29, 1.82) is 0 Å². The van der Waals surface area contributed by atoms with Gasteiger partial charge in [-0.3, -0.25) is 4.99 Å². The minimum Gasteiger partial charge on any atom is -0.317 e. The van der Waals surface area contributed by atoms with Crippen LogP contribution in [0, 0.1) is 11.7 Å². The summed E-state index contributed by atoms with van der Waals surface area (Å²) in [6, 6.07) is 7.47. The molecule has 2 nitrogen and oxygen atoms in total. The third kappa shape index (κ3) is 1.80. The van der Waals surface area contributed by atoms with Crippen LogP contribution >= 0.6 is 23.1 Å². The molecule has 2 aromatic rings. The molecule has 21 heavy (non-hydrogen) atoms. The summed E-state index contributed by atoms with van der Waals surface area (Å²) >= 11 is 3.41. The molecular weight excluding hydrogens is 303 g/mol. The Balaban J connectivity index is 1.70. The van der Waals surface area contributed by atoms with Crippen LogP contribution in [0.3, 0.4) is 0 Å². The molecule has 1 aliphatic carbocycles. The number of hydrogen-bond acceptors (Lipinski definition) is 4. The minimum absolute atomic E-state index is 0.113. The number of thioether (sulfide) groups is 1. The van der Waals surface area contributed by atoms with E-state index in [-0.39, 0.29) is 5.82 Å². The Hall–Kier alpha value is -1.33. The lowest BCUT2D eigenvalue weighted by Crippen LogP contribution is -2.19.